The largest absolute Gasteiger partial charge is 0.493 e. The van der Waals surface area contributed by atoms with Crippen molar-refractivity contribution in [2.75, 3.05) is 32.3 Å². The van der Waals surface area contributed by atoms with Gasteiger partial charge in [0, 0.05) is 19.6 Å². The van der Waals surface area contributed by atoms with E-state index in [9.17, 15) is 9.59 Å². The summed E-state index contributed by atoms with van der Waals surface area (Å²) in [6, 6.07) is 17.0. The Kier molecular flexibility index (Phi) is 9.72. The first kappa shape index (κ1) is 29.7. The fourth-order valence-electron chi connectivity index (χ4n) is 4.59. The minimum absolute atomic E-state index is 0.205. The lowest BCUT2D eigenvalue weighted by atomic mass is 10.2. The van der Waals surface area contributed by atoms with Crippen molar-refractivity contribution in [3.63, 3.8) is 0 Å². The third-order valence-electron chi connectivity index (χ3n) is 6.44. The van der Waals surface area contributed by atoms with Gasteiger partial charge in [0.1, 0.15) is 23.7 Å². The monoisotopic (exact) mass is 576 g/mol. The van der Waals surface area contributed by atoms with E-state index in [1.165, 1.54) is 16.7 Å². The van der Waals surface area contributed by atoms with Gasteiger partial charge in [-0.15, -0.1) is 0 Å². The van der Waals surface area contributed by atoms with Crippen LogP contribution in [0.25, 0.3) is 11.0 Å². The van der Waals surface area contributed by atoms with Gasteiger partial charge in [-0.25, -0.2) is 9.97 Å². The van der Waals surface area contributed by atoms with Gasteiger partial charge in [0.25, 0.3) is 5.91 Å². The summed E-state index contributed by atoms with van der Waals surface area (Å²) in [6.45, 7) is 5.22. The molecule has 11 heteroatoms. The predicted octanol–water partition coefficient (Wildman–Crippen LogP) is 4.57. The molecular formula is C30H36N6O4S. The number of methoxy groups -OCH3 is 2. The number of thioether (sulfide) groups is 1. The maximum atomic E-state index is 14.0. The fraction of sp³-hybridized carbons (Fsp3) is 0.333. The normalized spacial score (nSPS) is 11.1. The number of aromatic nitrogens is 3. The smallest absolute Gasteiger partial charge is 0.271 e. The molecule has 0 atom stereocenters. The molecule has 0 radical (unpaired) electrons. The Bertz CT molecular complexity index is 1520. The lowest BCUT2D eigenvalue weighted by Crippen LogP contribution is -2.39. The van der Waals surface area contributed by atoms with Crippen LogP contribution in [0, 0.1) is 5.92 Å². The number of hydrogen-bond acceptors (Lipinski definition) is 8. The number of amides is 2. The lowest BCUT2D eigenvalue weighted by molar-refractivity contribution is -0.118. The maximum Gasteiger partial charge on any atom is 0.271 e. The number of anilines is 1. The summed E-state index contributed by atoms with van der Waals surface area (Å²) < 4.78 is 12.7. The number of benzene rings is 2. The number of nitrogens with one attached hydrogen (secondary N) is 1. The van der Waals surface area contributed by atoms with E-state index in [4.69, 9.17) is 25.2 Å². The zero-order valence-electron chi connectivity index (χ0n) is 24.0. The number of carbonyl (C=O) groups is 2. The number of primary amides is 1. The molecule has 2 aromatic carbocycles. The zero-order chi connectivity index (χ0) is 29.5. The van der Waals surface area contributed by atoms with Crippen molar-refractivity contribution in [2.45, 2.75) is 38.6 Å². The van der Waals surface area contributed by atoms with Gasteiger partial charge in [-0.05, 0) is 41.5 Å². The summed E-state index contributed by atoms with van der Waals surface area (Å²) in [5, 5.41) is 4.72. The molecular weight excluding hydrogens is 540 g/mol. The molecule has 4 rings (SSSR count). The summed E-state index contributed by atoms with van der Waals surface area (Å²) >= 11 is 1.42. The van der Waals surface area contributed by atoms with E-state index < -0.39 is 5.91 Å². The third-order valence-corrected chi connectivity index (χ3v) is 6.99. The van der Waals surface area contributed by atoms with Gasteiger partial charge in [0.05, 0.1) is 19.6 Å². The average Bonchev–Trinajstić information content (AvgIpc) is 3.32. The van der Waals surface area contributed by atoms with E-state index in [0.29, 0.717) is 52.3 Å². The summed E-state index contributed by atoms with van der Waals surface area (Å²) in [4.78, 5) is 37.0. The Balaban J connectivity index is 1.76. The molecule has 0 spiro atoms. The van der Waals surface area contributed by atoms with E-state index in [1.807, 2.05) is 59.4 Å². The van der Waals surface area contributed by atoms with Gasteiger partial charge in [0.15, 0.2) is 16.7 Å². The van der Waals surface area contributed by atoms with Crippen LogP contribution < -0.4 is 20.5 Å². The van der Waals surface area contributed by atoms with Gasteiger partial charge in [-0.2, -0.15) is 0 Å². The van der Waals surface area contributed by atoms with Gasteiger partial charge >= 0.3 is 0 Å². The molecule has 3 N–H and O–H groups in total. The molecule has 10 nitrogen and oxygen atoms in total. The number of carbonyl (C=O) groups excluding carboxylic acids is 2. The summed E-state index contributed by atoms with van der Waals surface area (Å²) in [5.41, 5.74) is 8.50. The highest BCUT2D eigenvalue weighted by molar-refractivity contribution is 7.98. The van der Waals surface area contributed by atoms with E-state index in [-0.39, 0.29) is 24.9 Å². The minimum Gasteiger partial charge on any atom is -0.493 e. The van der Waals surface area contributed by atoms with Crippen LogP contribution in [0.1, 0.15) is 35.5 Å². The third kappa shape index (κ3) is 7.10. The van der Waals surface area contributed by atoms with Gasteiger partial charge in [-0.1, -0.05) is 62.0 Å². The quantitative estimate of drug-likeness (QED) is 0.175. The van der Waals surface area contributed by atoms with Crippen molar-refractivity contribution in [1.82, 2.24) is 19.4 Å². The number of nitrogens with two attached hydrogens (primary N) is 1. The number of ether oxygens (including phenoxy) is 2. The van der Waals surface area contributed by atoms with Gasteiger partial charge in [-0.3, -0.25) is 9.59 Å². The lowest BCUT2D eigenvalue weighted by Gasteiger charge is -2.22. The Hall–Kier alpha value is -4.25. The predicted molar refractivity (Wildman–Crippen MR) is 161 cm³/mol. The molecule has 0 saturated carbocycles. The van der Waals surface area contributed by atoms with Crippen molar-refractivity contribution in [1.29, 1.82) is 0 Å². The number of hydrogen-bond donors (Lipinski definition) is 2. The zero-order valence-corrected chi connectivity index (χ0v) is 24.8. The topological polar surface area (TPSA) is 125 Å². The Morgan fingerprint density at radius 1 is 1.02 bits per heavy atom. The van der Waals surface area contributed by atoms with Crippen LogP contribution in [0.3, 0.4) is 0 Å². The van der Waals surface area contributed by atoms with E-state index in [2.05, 4.69) is 19.2 Å². The van der Waals surface area contributed by atoms with E-state index >= 15 is 0 Å². The van der Waals surface area contributed by atoms with Crippen LogP contribution in [0.4, 0.5) is 5.82 Å². The first-order valence-electron chi connectivity index (χ1n) is 13.3. The average molecular weight is 577 g/mol. The number of rotatable bonds is 13. The summed E-state index contributed by atoms with van der Waals surface area (Å²) in [5.74, 6) is 1.23. The molecule has 0 aliphatic carbocycles. The molecule has 2 aromatic heterocycles. The first-order valence-corrected chi connectivity index (χ1v) is 14.5. The van der Waals surface area contributed by atoms with Crippen LogP contribution in [0.15, 0.2) is 59.8 Å². The van der Waals surface area contributed by atoms with Crippen LogP contribution in [0.5, 0.6) is 11.5 Å². The minimum atomic E-state index is -0.581. The molecule has 216 valence electrons. The molecule has 4 aromatic rings. The summed E-state index contributed by atoms with van der Waals surface area (Å²) in [7, 11) is 3.20. The van der Waals surface area contributed by atoms with Crippen LogP contribution in [0.2, 0.25) is 0 Å². The van der Waals surface area contributed by atoms with Crippen molar-refractivity contribution in [2.24, 2.45) is 11.7 Å². The highest BCUT2D eigenvalue weighted by Gasteiger charge is 2.26. The second kappa shape index (κ2) is 13.4. The van der Waals surface area contributed by atoms with Crippen molar-refractivity contribution >= 4 is 40.4 Å². The molecule has 2 heterocycles. The summed E-state index contributed by atoms with van der Waals surface area (Å²) in [6.07, 6.45) is 1.91. The molecule has 0 fully saturated rings. The van der Waals surface area contributed by atoms with E-state index in [1.54, 1.807) is 20.3 Å². The molecule has 0 aliphatic heterocycles. The second-order valence-corrected chi connectivity index (χ2v) is 10.8. The Labute approximate surface area is 244 Å². The molecule has 0 aliphatic rings. The van der Waals surface area contributed by atoms with Gasteiger partial charge in [0.2, 0.25) is 5.91 Å². The highest BCUT2D eigenvalue weighted by Crippen LogP contribution is 2.31. The number of fused-ring (bicyclic) bond motifs is 1. The SMILES string of the molecule is COc1ccc(CNc2nc(SC)nc3c2cc(C(=O)N(CC(N)=O)Cc2ccccc2)n3CC(C)C)cc1OC. The second-order valence-electron chi connectivity index (χ2n) is 9.99. The van der Waals surface area contributed by atoms with Crippen LogP contribution >= 0.6 is 11.8 Å². The van der Waals surface area contributed by atoms with Crippen LogP contribution in [-0.2, 0) is 24.4 Å². The molecule has 2 amide bonds. The maximum absolute atomic E-state index is 14.0. The number of nitrogens with zero attached hydrogens (tertiary/aromatic N) is 4. The van der Waals surface area contributed by atoms with E-state index in [0.717, 1.165) is 11.1 Å². The highest BCUT2D eigenvalue weighted by atomic mass is 32.2. The first-order chi connectivity index (χ1) is 19.7. The Morgan fingerprint density at radius 3 is 2.39 bits per heavy atom. The Morgan fingerprint density at radius 2 is 1.76 bits per heavy atom. The molecule has 0 unspecified atom stereocenters. The molecule has 0 bridgehead atoms. The van der Waals surface area contributed by atoms with Crippen LogP contribution in [-0.4, -0.2) is 58.3 Å². The molecule has 0 saturated heterocycles. The fourth-order valence-corrected chi connectivity index (χ4v) is 4.95. The van der Waals surface area contributed by atoms with Crippen molar-refractivity contribution in [3.05, 3.63) is 71.4 Å². The van der Waals surface area contributed by atoms with Crippen molar-refractivity contribution < 1.29 is 19.1 Å². The standard InChI is InChI=1S/C30H36N6O4S/c1-19(2)16-36-23(29(38)35(18-26(31)37)17-20-9-7-6-8-10-20)14-22-27(33-30(41-5)34-28(22)36)32-15-21-11-12-24(39-3)25(13-21)40-4/h6-14,19H,15-18H2,1-5H3,(H2,31,37)(H,32,33,34). The molecule has 41 heavy (non-hydrogen) atoms. The van der Waals surface area contributed by atoms with Crippen molar-refractivity contribution in [3.8, 4) is 11.5 Å². The van der Waals surface area contributed by atoms with Gasteiger partial charge < -0.3 is 30.0 Å².